The van der Waals surface area contributed by atoms with Gasteiger partial charge in [-0.05, 0) is 30.6 Å². The fourth-order valence-corrected chi connectivity index (χ4v) is 1.55. The van der Waals surface area contributed by atoms with Crippen molar-refractivity contribution in [2.75, 3.05) is 13.1 Å². The van der Waals surface area contributed by atoms with Crippen LogP contribution < -0.4 is 10.6 Å². The summed E-state index contributed by atoms with van der Waals surface area (Å²) in [6.45, 7) is 5.23. The Kier molecular flexibility index (Phi) is 6.26. The van der Waals surface area contributed by atoms with Crippen LogP contribution in [0.2, 0.25) is 0 Å². The monoisotopic (exact) mass is 234 g/mol. The Bertz CT molecular complexity index is 322. The predicted octanol–water partition coefficient (Wildman–Crippen LogP) is 2.27. The number of hydrogen-bond acceptors (Lipinski definition) is 1. The van der Waals surface area contributed by atoms with E-state index in [0.717, 1.165) is 19.4 Å². The lowest BCUT2D eigenvalue weighted by atomic mass is 10.1. The second kappa shape index (κ2) is 7.88. The van der Waals surface area contributed by atoms with Crippen molar-refractivity contribution in [3.05, 3.63) is 48.6 Å². The topological polar surface area (TPSA) is 24.1 Å². The lowest BCUT2D eigenvalue weighted by Crippen LogP contribution is -2.35. The van der Waals surface area contributed by atoms with Crippen LogP contribution in [-0.4, -0.2) is 18.2 Å². The SMILES string of the molecule is C=CCNC(=S)NCCCc1ccccc1. The summed E-state index contributed by atoms with van der Waals surface area (Å²) in [4.78, 5) is 0. The minimum atomic E-state index is 0.702. The van der Waals surface area contributed by atoms with Crippen molar-refractivity contribution in [2.45, 2.75) is 12.8 Å². The minimum Gasteiger partial charge on any atom is -0.363 e. The van der Waals surface area contributed by atoms with Gasteiger partial charge in [-0.3, -0.25) is 0 Å². The fraction of sp³-hybridized carbons (Fsp3) is 0.308. The molecule has 0 saturated carbocycles. The lowest BCUT2D eigenvalue weighted by molar-refractivity contribution is 0.763. The van der Waals surface area contributed by atoms with Gasteiger partial charge in [0.1, 0.15) is 0 Å². The molecule has 0 radical (unpaired) electrons. The zero-order chi connectivity index (χ0) is 11.6. The molecule has 1 aromatic rings. The normalized spacial score (nSPS) is 9.50. The molecule has 0 aliphatic heterocycles. The zero-order valence-electron chi connectivity index (χ0n) is 9.41. The molecule has 0 aliphatic carbocycles. The van der Waals surface area contributed by atoms with Gasteiger partial charge in [0.25, 0.3) is 0 Å². The van der Waals surface area contributed by atoms with E-state index in [1.54, 1.807) is 6.08 Å². The molecule has 1 aromatic carbocycles. The third-order valence-corrected chi connectivity index (χ3v) is 2.47. The Hall–Kier alpha value is -1.35. The smallest absolute Gasteiger partial charge is 0.166 e. The zero-order valence-corrected chi connectivity index (χ0v) is 10.2. The average Bonchev–Trinajstić information content (AvgIpc) is 2.33. The highest BCUT2D eigenvalue weighted by Crippen LogP contribution is 2.01. The Labute approximate surface area is 103 Å². The van der Waals surface area contributed by atoms with Crippen molar-refractivity contribution in [1.29, 1.82) is 0 Å². The summed E-state index contributed by atoms with van der Waals surface area (Å²) in [5.41, 5.74) is 1.37. The van der Waals surface area contributed by atoms with Crippen LogP contribution in [0, 0.1) is 0 Å². The Balaban J connectivity index is 2.08. The molecular weight excluding hydrogens is 216 g/mol. The van der Waals surface area contributed by atoms with E-state index in [9.17, 15) is 0 Å². The quantitative estimate of drug-likeness (QED) is 0.448. The molecule has 0 atom stereocenters. The largest absolute Gasteiger partial charge is 0.363 e. The van der Waals surface area contributed by atoms with Crippen LogP contribution in [0.5, 0.6) is 0 Å². The van der Waals surface area contributed by atoms with Crippen LogP contribution in [0.4, 0.5) is 0 Å². The first kappa shape index (κ1) is 12.7. The van der Waals surface area contributed by atoms with Crippen LogP contribution in [0.25, 0.3) is 0 Å². The van der Waals surface area contributed by atoms with Crippen molar-refractivity contribution < 1.29 is 0 Å². The first-order valence-corrected chi connectivity index (χ1v) is 5.90. The van der Waals surface area contributed by atoms with Gasteiger partial charge in [0.05, 0.1) is 0 Å². The molecule has 0 saturated heterocycles. The highest BCUT2D eigenvalue weighted by Gasteiger charge is 1.94. The molecule has 2 nitrogen and oxygen atoms in total. The Morgan fingerprint density at radius 3 is 2.69 bits per heavy atom. The van der Waals surface area contributed by atoms with Gasteiger partial charge in [-0.15, -0.1) is 6.58 Å². The van der Waals surface area contributed by atoms with E-state index >= 15 is 0 Å². The molecule has 0 unspecified atom stereocenters. The molecule has 0 heterocycles. The van der Waals surface area contributed by atoms with Gasteiger partial charge in [-0.25, -0.2) is 0 Å². The van der Waals surface area contributed by atoms with E-state index in [-0.39, 0.29) is 0 Å². The van der Waals surface area contributed by atoms with E-state index < -0.39 is 0 Å². The molecule has 86 valence electrons. The highest BCUT2D eigenvalue weighted by molar-refractivity contribution is 7.80. The first-order chi connectivity index (χ1) is 7.83. The van der Waals surface area contributed by atoms with Gasteiger partial charge in [0.2, 0.25) is 0 Å². The molecule has 2 N–H and O–H groups in total. The van der Waals surface area contributed by atoms with Gasteiger partial charge in [-0.1, -0.05) is 36.4 Å². The minimum absolute atomic E-state index is 0.702. The molecule has 0 aromatic heterocycles. The number of hydrogen-bond donors (Lipinski definition) is 2. The summed E-state index contributed by atoms with van der Waals surface area (Å²) in [7, 11) is 0. The first-order valence-electron chi connectivity index (χ1n) is 5.49. The molecule has 0 spiro atoms. The van der Waals surface area contributed by atoms with Crippen molar-refractivity contribution in [1.82, 2.24) is 10.6 Å². The van der Waals surface area contributed by atoms with Crippen LogP contribution in [-0.2, 0) is 6.42 Å². The van der Waals surface area contributed by atoms with E-state index in [2.05, 4.69) is 41.5 Å². The molecular formula is C13H18N2S. The summed E-state index contributed by atoms with van der Waals surface area (Å²) in [6, 6.07) is 10.5. The van der Waals surface area contributed by atoms with E-state index in [1.807, 2.05) is 6.07 Å². The third-order valence-electron chi connectivity index (χ3n) is 2.18. The average molecular weight is 234 g/mol. The fourth-order valence-electron chi connectivity index (χ4n) is 1.37. The molecule has 0 bridgehead atoms. The van der Waals surface area contributed by atoms with Gasteiger partial charge in [0.15, 0.2) is 5.11 Å². The predicted molar refractivity (Wildman–Crippen MR) is 73.6 cm³/mol. The maximum absolute atomic E-state index is 5.08. The summed E-state index contributed by atoms with van der Waals surface area (Å²) in [5.74, 6) is 0. The van der Waals surface area contributed by atoms with Gasteiger partial charge >= 0.3 is 0 Å². The molecule has 0 fully saturated rings. The Morgan fingerprint density at radius 2 is 2.00 bits per heavy atom. The number of aryl methyl sites for hydroxylation is 1. The van der Waals surface area contributed by atoms with Crippen LogP contribution in [0.3, 0.4) is 0 Å². The molecule has 3 heteroatoms. The summed E-state index contributed by atoms with van der Waals surface area (Å²) in [6.07, 6.45) is 3.95. The van der Waals surface area contributed by atoms with Crippen LogP contribution in [0.15, 0.2) is 43.0 Å². The Morgan fingerprint density at radius 1 is 1.25 bits per heavy atom. The maximum Gasteiger partial charge on any atom is 0.166 e. The van der Waals surface area contributed by atoms with Crippen LogP contribution >= 0.6 is 12.2 Å². The summed E-state index contributed by atoms with van der Waals surface area (Å²) >= 11 is 5.08. The lowest BCUT2D eigenvalue weighted by Gasteiger charge is -2.08. The highest BCUT2D eigenvalue weighted by atomic mass is 32.1. The van der Waals surface area contributed by atoms with E-state index in [0.29, 0.717) is 11.7 Å². The van der Waals surface area contributed by atoms with E-state index in [1.165, 1.54) is 5.56 Å². The second-order valence-electron chi connectivity index (χ2n) is 3.51. The summed E-state index contributed by atoms with van der Waals surface area (Å²) in [5, 5.41) is 6.90. The van der Waals surface area contributed by atoms with Crippen molar-refractivity contribution in [2.24, 2.45) is 0 Å². The third kappa shape index (κ3) is 5.51. The molecule has 1 rings (SSSR count). The summed E-state index contributed by atoms with van der Waals surface area (Å²) < 4.78 is 0. The van der Waals surface area contributed by atoms with Gasteiger partial charge < -0.3 is 10.6 Å². The van der Waals surface area contributed by atoms with Gasteiger partial charge in [0, 0.05) is 13.1 Å². The maximum atomic E-state index is 5.08. The van der Waals surface area contributed by atoms with Gasteiger partial charge in [-0.2, -0.15) is 0 Å². The molecule has 0 amide bonds. The number of rotatable bonds is 6. The van der Waals surface area contributed by atoms with Crippen molar-refractivity contribution in [3.63, 3.8) is 0 Å². The van der Waals surface area contributed by atoms with Crippen molar-refractivity contribution >= 4 is 17.3 Å². The number of benzene rings is 1. The van der Waals surface area contributed by atoms with E-state index in [4.69, 9.17) is 12.2 Å². The molecule has 16 heavy (non-hydrogen) atoms. The molecule has 0 aliphatic rings. The number of thiocarbonyl (C=S) groups is 1. The standard InChI is InChI=1S/C13H18N2S/c1-2-10-14-13(16)15-11-6-9-12-7-4-3-5-8-12/h2-5,7-8H,1,6,9-11H2,(H2,14,15,16). The number of nitrogens with one attached hydrogen (secondary N) is 2. The van der Waals surface area contributed by atoms with Crippen molar-refractivity contribution in [3.8, 4) is 0 Å². The second-order valence-corrected chi connectivity index (χ2v) is 3.92. The van der Waals surface area contributed by atoms with Crippen LogP contribution in [0.1, 0.15) is 12.0 Å².